The van der Waals surface area contributed by atoms with Crippen LogP contribution in [0, 0.1) is 11.6 Å². The van der Waals surface area contributed by atoms with Crippen molar-refractivity contribution in [3.05, 3.63) is 63.6 Å². The highest BCUT2D eigenvalue weighted by Crippen LogP contribution is 2.17. The molecule has 2 rings (SSSR count). The van der Waals surface area contributed by atoms with Crippen LogP contribution in [0.2, 0.25) is 0 Å². The standard InChI is InChI=1S/C15H13BrF2N2O/c16-11-5-10(6-14(19)7-11)15(21)20-2-1-9-3-12(17)8-13(18)4-9/h3-8H,1-2,19H2,(H,20,21). The molecule has 0 saturated heterocycles. The quantitative estimate of drug-likeness (QED) is 0.827. The summed E-state index contributed by atoms with van der Waals surface area (Å²) in [5, 5.41) is 2.68. The molecule has 3 N–H and O–H groups in total. The lowest BCUT2D eigenvalue weighted by Gasteiger charge is -2.07. The largest absolute Gasteiger partial charge is 0.399 e. The minimum atomic E-state index is -0.629. The van der Waals surface area contributed by atoms with E-state index in [1.54, 1.807) is 18.2 Å². The molecule has 3 nitrogen and oxygen atoms in total. The van der Waals surface area contributed by atoms with Crippen LogP contribution in [0.15, 0.2) is 40.9 Å². The van der Waals surface area contributed by atoms with E-state index in [1.807, 2.05) is 0 Å². The van der Waals surface area contributed by atoms with E-state index in [1.165, 1.54) is 12.1 Å². The zero-order chi connectivity index (χ0) is 15.4. The van der Waals surface area contributed by atoms with Gasteiger partial charge in [-0.05, 0) is 42.3 Å². The molecular formula is C15H13BrF2N2O. The second kappa shape index (κ2) is 6.67. The van der Waals surface area contributed by atoms with Crippen molar-refractivity contribution < 1.29 is 13.6 Å². The summed E-state index contributed by atoms with van der Waals surface area (Å²) in [7, 11) is 0. The second-order valence-electron chi connectivity index (χ2n) is 4.56. The Balaban J connectivity index is 1.95. The van der Waals surface area contributed by atoms with E-state index in [0.29, 0.717) is 27.7 Å². The van der Waals surface area contributed by atoms with Crippen molar-refractivity contribution in [3.8, 4) is 0 Å². The molecule has 0 atom stereocenters. The van der Waals surface area contributed by atoms with Gasteiger partial charge in [0.25, 0.3) is 5.91 Å². The Morgan fingerprint density at radius 3 is 2.38 bits per heavy atom. The number of carbonyl (C=O) groups is 1. The maximum Gasteiger partial charge on any atom is 0.251 e. The third kappa shape index (κ3) is 4.53. The first-order valence-corrected chi connectivity index (χ1v) is 7.02. The van der Waals surface area contributed by atoms with E-state index in [9.17, 15) is 13.6 Å². The van der Waals surface area contributed by atoms with Crippen molar-refractivity contribution in [2.24, 2.45) is 0 Å². The number of nitrogen functional groups attached to an aromatic ring is 1. The van der Waals surface area contributed by atoms with Gasteiger partial charge in [-0.25, -0.2) is 8.78 Å². The van der Waals surface area contributed by atoms with Crippen molar-refractivity contribution in [3.63, 3.8) is 0 Å². The predicted octanol–water partition coefficient (Wildman–Crippen LogP) is 3.28. The Morgan fingerprint density at radius 2 is 1.76 bits per heavy atom. The number of carbonyl (C=O) groups excluding carboxylic acids is 1. The summed E-state index contributed by atoms with van der Waals surface area (Å²) in [5.41, 5.74) is 7.04. The highest BCUT2D eigenvalue weighted by molar-refractivity contribution is 9.10. The Morgan fingerprint density at radius 1 is 1.10 bits per heavy atom. The van der Waals surface area contributed by atoms with Gasteiger partial charge in [0.05, 0.1) is 0 Å². The molecule has 2 aromatic rings. The van der Waals surface area contributed by atoms with Gasteiger partial charge < -0.3 is 11.1 Å². The molecule has 110 valence electrons. The zero-order valence-electron chi connectivity index (χ0n) is 11.0. The van der Waals surface area contributed by atoms with Gasteiger partial charge in [-0.2, -0.15) is 0 Å². The van der Waals surface area contributed by atoms with Crippen LogP contribution in [-0.4, -0.2) is 12.5 Å². The number of nitrogens with one attached hydrogen (secondary N) is 1. The van der Waals surface area contributed by atoms with Crippen LogP contribution < -0.4 is 11.1 Å². The molecule has 21 heavy (non-hydrogen) atoms. The lowest BCUT2D eigenvalue weighted by atomic mass is 10.1. The molecule has 0 fully saturated rings. The predicted molar refractivity (Wildman–Crippen MR) is 80.9 cm³/mol. The number of halogens is 3. The second-order valence-corrected chi connectivity index (χ2v) is 5.47. The molecule has 0 aliphatic heterocycles. The van der Waals surface area contributed by atoms with E-state index in [0.717, 1.165) is 6.07 Å². The van der Waals surface area contributed by atoms with Crippen molar-refractivity contribution in [2.45, 2.75) is 6.42 Å². The van der Waals surface area contributed by atoms with Crippen molar-refractivity contribution >= 4 is 27.5 Å². The van der Waals surface area contributed by atoms with Crippen LogP contribution in [0.5, 0.6) is 0 Å². The van der Waals surface area contributed by atoms with E-state index >= 15 is 0 Å². The van der Waals surface area contributed by atoms with Crippen LogP contribution in [0.25, 0.3) is 0 Å². The van der Waals surface area contributed by atoms with Crippen LogP contribution in [0.4, 0.5) is 14.5 Å². The van der Waals surface area contributed by atoms with Crippen molar-refractivity contribution in [2.75, 3.05) is 12.3 Å². The van der Waals surface area contributed by atoms with Gasteiger partial charge >= 0.3 is 0 Å². The highest BCUT2D eigenvalue weighted by Gasteiger charge is 2.07. The molecule has 0 aliphatic carbocycles. The molecule has 0 saturated carbocycles. The summed E-state index contributed by atoms with van der Waals surface area (Å²) >= 11 is 3.26. The Hall–Kier alpha value is -1.95. The van der Waals surface area contributed by atoms with Gasteiger partial charge in [-0.3, -0.25) is 4.79 Å². The lowest BCUT2D eigenvalue weighted by Crippen LogP contribution is -2.25. The molecule has 0 aliphatic rings. The molecule has 1 amide bonds. The topological polar surface area (TPSA) is 55.1 Å². The summed E-state index contributed by atoms with van der Waals surface area (Å²) < 4.78 is 26.8. The van der Waals surface area contributed by atoms with Crippen LogP contribution in [0.3, 0.4) is 0 Å². The van der Waals surface area contributed by atoms with Gasteiger partial charge in [0.2, 0.25) is 0 Å². The normalized spacial score (nSPS) is 10.4. The van der Waals surface area contributed by atoms with E-state index in [2.05, 4.69) is 21.2 Å². The molecule has 0 unspecified atom stereocenters. The Labute approximate surface area is 129 Å². The van der Waals surface area contributed by atoms with Gasteiger partial charge in [0.15, 0.2) is 0 Å². The molecular weight excluding hydrogens is 342 g/mol. The van der Waals surface area contributed by atoms with Gasteiger partial charge in [-0.15, -0.1) is 0 Å². The molecule has 0 aromatic heterocycles. The molecule has 0 radical (unpaired) electrons. The third-order valence-electron chi connectivity index (χ3n) is 2.80. The number of anilines is 1. The van der Waals surface area contributed by atoms with Crippen LogP contribution >= 0.6 is 15.9 Å². The van der Waals surface area contributed by atoms with E-state index in [4.69, 9.17) is 5.73 Å². The fourth-order valence-electron chi connectivity index (χ4n) is 1.92. The van der Waals surface area contributed by atoms with Crippen LogP contribution in [0.1, 0.15) is 15.9 Å². The lowest BCUT2D eigenvalue weighted by molar-refractivity contribution is 0.0954. The number of nitrogens with two attached hydrogens (primary N) is 1. The summed E-state index contributed by atoms with van der Waals surface area (Å²) in [5.74, 6) is -1.55. The van der Waals surface area contributed by atoms with E-state index < -0.39 is 11.6 Å². The average molecular weight is 355 g/mol. The molecule has 0 spiro atoms. The molecule has 0 heterocycles. The smallest absolute Gasteiger partial charge is 0.251 e. The summed E-state index contributed by atoms with van der Waals surface area (Å²) in [4.78, 5) is 11.9. The Kier molecular flexibility index (Phi) is 4.90. The molecule has 6 heteroatoms. The first-order chi connectivity index (χ1) is 9.94. The first-order valence-electron chi connectivity index (χ1n) is 6.23. The van der Waals surface area contributed by atoms with Crippen molar-refractivity contribution in [1.29, 1.82) is 0 Å². The van der Waals surface area contributed by atoms with E-state index in [-0.39, 0.29) is 12.5 Å². The van der Waals surface area contributed by atoms with Crippen LogP contribution in [-0.2, 0) is 6.42 Å². The maximum absolute atomic E-state index is 13.0. The number of rotatable bonds is 4. The third-order valence-corrected chi connectivity index (χ3v) is 3.26. The Bertz CT molecular complexity index is 636. The average Bonchev–Trinajstić information content (AvgIpc) is 2.36. The first kappa shape index (κ1) is 15.4. The molecule has 0 bridgehead atoms. The summed E-state index contributed by atoms with van der Waals surface area (Å²) in [6.45, 7) is 0.272. The minimum Gasteiger partial charge on any atom is -0.399 e. The number of benzene rings is 2. The minimum absolute atomic E-state index is 0.272. The summed E-state index contributed by atoms with van der Waals surface area (Å²) in [6.07, 6.45) is 0.337. The number of amides is 1. The van der Waals surface area contributed by atoms with Gasteiger partial charge in [-0.1, -0.05) is 15.9 Å². The maximum atomic E-state index is 13.0. The van der Waals surface area contributed by atoms with Gasteiger partial charge in [0, 0.05) is 28.3 Å². The highest BCUT2D eigenvalue weighted by atomic mass is 79.9. The SMILES string of the molecule is Nc1cc(Br)cc(C(=O)NCCc2cc(F)cc(F)c2)c1. The molecule has 2 aromatic carbocycles. The summed E-state index contributed by atoms with van der Waals surface area (Å²) in [6, 6.07) is 8.19. The zero-order valence-corrected chi connectivity index (χ0v) is 12.6. The van der Waals surface area contributed by atoms with Crippen molar-refractivity contribution in [1.82, 2.24) is 5.32 Å². The fourth-order valence-corrected chi connectivity index (χ4v) is 2.43. The fraction of sp³-hybridized carbons (Fsp3) is 0.133. The number of hydrogen-bond acceptors (Lipinski definition) is 2. The monoisotopic (exact) mass is 354 g/mol. The number of hydrogen-bond donors (Lipinski definition) is 2. The van der Waals surface area contributed by atoms with Gasteiger partial charge in [0.1, 0.15) is 11.6 Å².